The van der Waals surface area contributed by atoms with Gasteiger partial charge in [0, 0.05) is 41.0 Å². The van der Waals surface area contributed by atoms with Gasteiger partial charge in [-0.05, 0) is 73.9 Å². The molecule has 1 aromatic heterocycles. The minimum absolute atomic E-state index is 0.0327. The molecule has 2 unspecified atom stereocenters. The Morgan fingerprint density at radius 3 is 2.60 bits per heavy atom. The highest BCUT2D eigenvalue weighted by atomic mass is 19.1. The Kier molecular flexibility index (Phi) is 7.73. The number of benzene rings is 2. The molecule has 40 heavy (non-hydrogen) atoms. The number of nitrogens with zero attached hydrogens (tertiary/aromatic N) is 2. The maximum absolute atomic E-state index is 15.4. The fraction of sp³-hybridized carbons (Fsp3) is 0.333. The molecule has 4 N–H and O–H groups in total. The third-order valence-corrected chi connectivity index (χ3v) is 7.19. The Bertz CT molecular complexity index is 1460. The summed E-state index contributed by atoms with van der Waals surface area (Å²) in [5.74, 6) is -1.32. The van der Waals surface area contributed by atoms with Crippen LogP contribution in [0, 0.1) is 11.6 Å². The SMILES string of the molecule is COc1cc(C(=O)NC2CC2)cc2c1NN(CC(O)c1cc(C(C)CO)c(F)c(-c3ccc(F)cc3)n1)C(C)=C2. The summed E-state index contributed by atoms with van der Waals surface area (Å²) in [6.45, 7) is 3.27. The molecular weight excluding hydrogens is 518 g/mol. The number of nitrogens with one attached hydrogen (secondary N) is 2. The minimum Gasteiger partial charge on any atom is -0.494 e. The van der Waals surface area contributed by atoms with Gasteiger partial charge in [-0.15, -0.1) is 0 Å². The maximum atomic E-state index is 15.4. The van der Waals surface area contributed by atoms with Crippen LogP contribution in [0.1, 0.15) is 65.9 Å². The van der Waals surface area contributed by atoms with Crippen molar-refractivity contribution < 1.29 is 28.5 Å². The number of fused-ring (bicyclic) bond motifs is 1. The third-order valence-electron chi connectivity index (χ3n) is 7.19. The van der Waals surface area contributed by atoms with Crippen LogP contribution in [0.15, 0.2) is 48.2 Å². The molecule has 0 saturated heterocycles. The molecule has 5 rings (SSSR count). The number of hydrogen-bond acceptors (Lipinski definition) is 7. The summed E-state index contributed by atoms with van der Waals surface area (Å²) in [5, 5.41) is 25.7. The first-order valence-corrected chi connectivity index (χ1v) is 13.2. The molecule has 10 heteroatoms. The van der Waals surface area contributed by atoms with Crippen LogP contribution < -0.4 is 15.5 Å². The van der Waals surface area contributed by atoms with Crippen LogP contribution in [0.4, 0.5) is 14.5 Å². The van der Waals surface area contributed by atoms with Crippen molar-refractivity contribution in [3.63, 3.8) is 0 Å². The first-order chi connectivity index (χ1) is 19.2. The van der Waals surface area contributed by atoms with Crippen LogP contribution in [-0.4, -0.2) is 52.4 Å². The van der Waals surface area contributed by atoms with Crippen molar-refractivity contribution in [3.05, 3.63) is 82.2 Å². The monoisotopic (exact) mass is 550 g/mol. The van der Waals surface area contributed by atoms with Crippen molar-refractivity contribution in [1.29, 1.82) is 0 Å². The van der Waals surface area contributed by atoms with Crippen molar-refractivity contribution in [2.24, 2.45) is 0 Å². The van der Waals surface area contributed by atoms with Crippen LogP contribution in [-0.2, 0) is 0 Å². The lowest BCUT2D eigenvalue weighted by Crippen LogP contribution is -2.35. The van der Waals surface area contributed by atoms with Gasteiger partial charge < -0.3 is 20.3 Å². The number of aliphatic hydroxyl groups is 2. The summed E-state index contributed by atoms with van der Waals surface area (Å²) in [4.78, 5) is 17.1. The number of carbonyl (C=O) groups is 1. The molecule has 2 heterocycles. The highest BCUT2D eigenvalue weighted by Gasteiger charge is 2.28. The molecule has 1 aliphatic heterocycles. The van der Waals surface area contributed by atoms with E-state index in [1.165, 1.54) is 37.4 Å². The number of aromatic nitrogens is 1. The Morgan fingerprint density at radius 2 is 1.95 bits per heavy atom. The number of aliphatic hydroxyl groups excluding tert-OH is 2. The highest BCUT2D eigenvalue weighted by molar-refractivity contribution is 5.97. The van der Waals surface area contributed by atoms with Crippen LogP contribution in [0.2, 0.25) is 0 Å². The van der Waals surface area contributed by atoms with Gasteiger partial charge in [-0.25, -0.2) is 13.8 Å². The number of amides is 1. The van der Waals surface area contributed by atoms with E-state index in [2.05, 4.69) is 15.7 Å². The lowest BCUT2D eigenvalue weighted by atomic mass is 9.97. The number of methoxy groups -OCH3 is 1. The summed E-state index contributed by atoms with van der Waals surface area (Å²) < 4.78 is 34.5. The first-order valence-electron chi connectivity index (χ1n) is 13.2. The average molecular weight is 551 g/mol. The number of rotatable bonds is 9. The molecule has 0 spiro atoms. The molecule has 1 fully saturated rings. The molecule has 2 aromatic carbocycles. The van der Waals surface area contributed by atoms with E-state index in [0.717, 1.165) is 24.1 Å². The zero-order valence-electron chi connectivity index (χ0n) is 22.5. The molecule has 0 radical (unpaired) electrons. The summed E-state index contributed by atoms with van der Waals surface area (Å²) in [7, 11) is 1.52. The van der Waals surface area contributed by atoms with Crippen LogP contribution in [0.25, 0.3) is 17.3 Å². The topological polar surface area (TPSA) is 107 Å². The molecule has 2 atom stereocenters. The number of pyridine rings is 1. The van der Waals surface area contributed by atoms with Crippen molar-refractivity contribution in [1.82, 2.24) is 15.3 Å². The largest absolute Gasteiger partial charge is 0.494 e. The number of carbonyl (C=O) groups excluding carboxylic acids is 1. The highest BCUT2D eigenvalue weighted by Crippen LogP contribution is 2.37. The molecule has 3 aromatic rings. The first kappa shape index (κ1) is 27.5. The van der Waals surface area contributed by atoms with E-state index in [1.807, 2.05) is 13.0 Å². The zero-order chi connectivity index (χ0) is 28.6. The van der Waals surface area contributed by atoms with E-state index in [9.17, 15) is 19.4 Å². The standard InChI is InChI=1S/C30H32F2N4O4/c1-16(15-37)23-13-24(34-29(27(23)32)18-4-6-21(31)7-5-18)25(38)14-36-17(2)10-19-11-20(30(39)33-22-8-9-22)12-26(40-3)28(19)35-36/h4-7,10-13,16,22,25,35,37-38H,8-9,14-15H2,1-3H3,(H,33,39). The van der Waals surface area contributed by atoms with Gasteiger partial charge in [-0.1, -0.05) is 6.92 Å². The van der Waals surface area contributed by atoms with Gasteiger partial charge >= 0.3 is 0 Å². The Morgan fingerprint density at radius 1 is 1.23 bits per heavy atom. The molecule has 210 valence electrons. The van der Waals surface area contributed by atoms with Gasteiger partial charge in [0.15, 0.2) is 5.82 Å². The van der Waals surface area contributed by atoms with Gasteiger partial charge in [0.25, 0.3) is 5.91 Å². The van der Waals surface area contributed by atoms with Gasteiger partial charge in [0.05, 0.1) is 19.3 Å². The average Bonchev–Trinajstić information content (AvgIpc) is 3.77. The number of anilines is 1. The van der Waals surface area contributed by atoms with E-state index in [-0.39, 0.29) is 42.1 Å². The molecule has 1 saturated carbocycles. The van der Waals surface area contributed by atoms with Crippen molar-refractivity contribution in [3.8, 4) is 17.0 Å². The van der Waals surface area contributed by atoms with Crippen LogP contribution >= 0.6 is 0 Å². The number of halogens is 2. The second-order valence-electron chi connectivity index (χ2n) is 10.3. The number of allylic oxidation sites excluding steroid dienone is 1. The van der Waals surface area contributed by atoms with E-state index in [1.54, 1.807) is 24.1 Å². The number of β-amino-alcohol motifs (C(OH)–C–C–N with tert-alkyl or cyclic N) is 1. The number of hydrazine groups is 1. The molecule has 8 nitrogen and oxygen atoms in total. The van der Waals surface area contributed by atoms with Gasteiger partial charge in [-0.2, -0.15) is 0 Å². The molecular formula is C30H32F2N4O4. The maximum Gasteiger partial charge on any atom is 0.251 e. The van der Waals surface area contributed by atoms with E-state index in [0.29, 0.717) is 22.6 Å². The predicted octanol–water partition coefficient (Wildman–Crippen LogP) is 4.76. The molecule has 1 aliphatic carbocycles. The third kappa shape index (κ3) is 5.64. The van der Waals surface area contributed by atoms with Crippen molar-refractivity contribution >= 4 is 17.7 Å². The van der Waals surface area contributed by atoms with Crippen molar-refractivity contribution in [2.45, 2.75) is 44.8 Å². The summed E-state index contributed by atoms with van der Waals surface area (Å²) >= 11 is 0. The van der Waals surface area contributed by atoms with Crippen LogP contribution in [0.3, 0.4) is 0 Å². The van der Waals surface area contributed by atoms with E-state index >= 15 is 4.39 Å². The Hall–Kier alpha value is -4.02. The quantitative estimate of drug-likeness (QED) is 0.304. The van der Waals surface area contributed by atoms with E-state index < -0.39 is 23.7 Å². The predicted molar refractivity (Wildman–Crippen MR) is 148 cm³/mol. The molecule has 2 aliphatic rings. The van der Waals surface area contributed by atoms with E-state index in [4.69, 9.17) is 4.74 Å². The minimum atomic E-state index is -1.16. The molecule has 0 bridgehead atoms. The summed E-state index contributed by atoms with van der Waals surface area (Å²) in [5.41, 5.74) is 6.65. The van der Waals surface area contributed by atoms with Gasteiger partial charge in [0.2, 0.25) is 0 Å². The summed E-state index contributed by atoms with van der Waals surface area (Å²) in [6.07, 6.45) is 2.70. The molecule has 1 amide bonds. The number of ether oxygens (including phenoxy) is 1. The fourth-order valence-corrected chi connectivity index (χ4v) is 4.64. The second kappa shape index (κ2) is 11.2. The zero-order valence-corrected chi connectivity index (χ0v) is 22.5. The lowest BCUT2D eigenvalue weighted by Gasteiger charge is -2.34. The lowest BCUT2D eigenvalue weighted by molar-refractivity contribution is 0.0950. The van der Waals surface area contributed by atoms with Crippen molar-refractivity contribution in [2.75, 3.05) is 25.7 Å². The normalized spacial score (nSPS) is 16.0. The number of hydrogen-bond donors (Lipinski definition) is 4. The summed E-state index contributed by atoms with van der Waals surface area (Å²) in [6, 6.07) is 10.4. The second-order valence-corrected chi connectivity index (χ2v) is 10.3. The fourth-order valence-electron chi connectivity index (χ4n) is 4.64. The Balaban J connectivity index is 1.43. The van der Waals surface area contributed by atoms with Gasteiger partial charge in [-0.3, -0.25) is 15.2 Å². The smallest absolute Gasteiger partial charge is 0.251 e. The van der Waals surface area contributed by atoms with Gasteiger partial charge in [0.1, 0.15) is 29.1 Å². The Labute approximate surface area is 231 Å². The van der Waals surface area contributed by atoms with Crippen LogP contribution in [0.5, 0.6) is 5.75 Å².